The van der Waals surface area contributed by atoms with E-state index in [1.54, 1.807) is 7.11 Å². The van der Waals surface area contributed by atoms with E-state index in [9.17, 15) is 0 Å². The molecule has 1 aliphatic rings. The van der Waals surface area contributed by atoms with Crippen molar-refractivity contribution in [3.8, 4) is 0 Å². The highest BCUT2D eigenvalue weighted by molar-refractivity contribution is 5.24. The van der Waals surface area contributed by atoms with Crippen LogP contribution < -0.4 is 5.73 Å². The molecular formula is C14H26N4O. The number of likely N-dealkylation sites (tertiary alicyclic amines) is 1. The van der Waals surface area contributed by atoms with Crippen LogP contribution in [0.4, 0.5) is 5.82 Å². The van der Waals surface area contributed by atoms with Gasteiger partial charge in [-0.3, -0.25) is 4.68 Å². The number of hydrogen-bond donors (Lipinski definition) is 1. The Kier molecular flexibility index (Phi) is 4.47. The highest BCUT2D eigenvalue weighted by Gasteiger charge is 2.23. The van der Waals surface area contributed by atoms with Crippen molar-refractivity contribution in [3.05, 3.63) is 12.3 Å². The number of methoxy groups -OCH3 is 1. The fourth-order valence-corrected chi connectivity index (χ4v) is 2.49. The van der Waals surface area contributed by atoms with Crippen molar-refractivity contribution in [2.24, 2.45) is 0 Å². The molecule has 0 aliphatic carbocycles. The van der Waals surface area contributed by atoms with Gasteiger partial charge in [0.2, 0.25) is 0 Å². The zero-order valence-corrected chi connectivity index (χ0v) is 12.3. The van der Waals surface area contributed by atoms with E-state index in [4.69, 9.17) is 10.5 Å². The second-order valence-corrected chi connectivity index (χ2v) is 6.01. The van der Waals surface area contributed by atoms with Gasteiger partial charge in [-0.25, -0.2) is 0 Å². The van der Waals surface area contributed by atoms with Gasteiger partial charge in [0, 0.05) is 32.9 Å². The molecule has 0 amide bonds. The summed E-state index contributed by atoms with van der Waals surface area (Å²) in [4.78, 5) is 2.52. The Morgan fingerprint density at radius 3 is 2.63 bits per heavy atom. The summed E-state index contributed by atoms with van der Waals surface area (Å²) in [5, 5.41) is 4.31. The highest BCUT2D eigenvalue weighted by atomic mass is 16.5. The van der Waals surface area contributed by atoms with Crippen molar-refractivity contribution in [1.82, 2.24) is 14.7 Å². The van der Waals surface area contributed by atoms with Gasteiger partial charge in [0.25, 0.3) is 0 Å². The lowest BCUT2D eigenvalue weighted by atomic mass is 10.0. The van der Waals surface area contributed by atoms with Gasteiger partial charge in [-0.1, -0.05) is 0 Å². The third kappa shape index (κ3) is 3.94. The molecule has 1 fully saturated rings. The quantitative estimate of drug-likeness (QED) is 0.884. The minimum absolute atomic E-state index is 0.0206. The van der Waals surface area contributed by atoms with Crippen molar-refractivity contribution in [2.45, 2.75) is 44.8 Å². The second-order valence-electron chi connectivity index (χ2n) is 6.01. The number of ether oxygens (including phenoxy) is 1. The van der Waals surface area contributed by atoms with Gasteiger partial charge in [0.15, 0.2) is 0 Å². The van der Waals surface area contributed by atoms with Crippen LogP contribution in [0.5, 0.6) is 0 Å². The SMILES string of the molecule is COC(C)(C)CCN1CCC(n2ccc(N)n2)CC1. The fraction of sp³-hybridized carbons (Fsp3) is 0.786. The lowest BCUT2D eigenvalue weighted by Gasteiger charge is -2.34. The summed E-state index contributed by atoms with van der Waals surface area (Å²) in [6.07, 6.45) is 5.36. The first-order valence-corrected chi connectivity index (χ1v) is 7.08. The number of piperidine rings is 1. The van der Waals surface area contributed by atoms with E-state index in [2.05, 4.69) is 23.8 Å². The van der Waals surface area contributed by atoms with E-state index in [1.165, 1.54) is 0 Å². The highest BCUT2D eigenvalue weighted by Crippen LogP contribution is 2.23. The molecule has 1 aromatic rings. The Morgan fingerprint density at radius 2 is 2.11 bits per heavy atom. The van der Waals surface area contributed by atoms with Gasteiger partial charge in [-0.2, -0.15) is 5.10 Å². The van der Waals surface area contributed by atoms with E-state index in [0.29, 0.717) is 11.9 Å². The predicted molar refractivity (Wildman–Crippen MR) is 77.1 cm³/mol. The molecule has 0 bridgehead atoms. The molecule has 5 nitrogen and oxygen atoms in total. The van der Waals surface area contributed by atoms with Crippen LogP contribution in [0, 0.1) is 0 Å². The molecular weight excluding hydrogens is 240 g/mol. The molecule has 2 N–H and O–H groups in total. The third-order valence-electron chi connectivity index (χ3n) is 4.14. The summed E-state index contributed by atoms with van der Waals surface area (Å²) in [6, 6.07) is 2.37. The number of nitrogens with two attached hydrogens (primary N) is 1. The number of hydrogen-bond acceptors (Lipinski definition) is 4. The van der Waals surface area contributed by atoms with Gasteiger partial charge >= 0.3 is 0 Å². The standard InChI is InChI=1S/C14H26N4O/c1-14(2,19-3)7-11-17-8-4-12(5-9-17)18-10-6-13(15)16-18/h6,10,12H,4-5,7-9,11H2,1-3H3,(H2,15,16). The molecule has 1 saturated heterocycles. The van der Waals surface area contributed by atoms with Crippen LogP contribution in [0.15, 0.2) is 12.3 Å². The van der Waals surface area contributed by atoms with Gasteiger partial charge < -0.3 is 15.4 Å². The topological polar surface area (TPSA) is 56.3 Å². The van der Waals surface area contributed by atoms with Crippen molar-refractivity contribution in [1.29, 1.82) is 0 Å². The van der Waals surface area contributed by atoms with Crippen molar-refractivity contribution in [3.63, 3.8) is 0 Å². The third-order valence-corrected chi connectivity index (χ3v) is 4.14. The average Bonchev–Trinajstić information content (AvgIpc) is 2.84. The minimum Gasteiger partial charge on any atom is -0.382 e. The second kappa shape index (κ2) is 5.92. The van der Waals surface area contributed by atoms with E-state index in [0.717, 1.165) is 38.9 Å². The largest absolute Gasteiger partial charge is 0.382 e. The van der Waals surface area contributed by atoms with E-state index < -0.39 is 0 Å². The molecule has 2 heterocycles. The van der Waals surface area contributed by atoms with Crippen LogP contribution in [-0.2, 0) is 4.74 Å². The Balaban J connectivity index is 1.76. The minimum atomic E-state index is -0.0206. The van der Waals surface area contributed by atoms with Crippen LogP contribution in [0.3, 0.4) is 0 Å². The molecule has 0 spiro atoms. The molecule has 2 rings (SSSR count). The average molecular weight is 266 g/mol. The summed E-state index contributed by atoms with van der Waals surface area (Å²) in [6.45, 7) is 7.65. The van der Waals surface area contributed by atoms with E-state index in [1.807, 2.05) is 16.9 Å². The summed E-state index contributed by atoms with van der Waals surface area (Å²) in [5.41, 5.74) is 5.65. The fourth-order valence-electron chi connectivity index (χ4n) is 2.49. The smallest absolute Gasteiger partial charge is 0.145 e. The number of anilines is 1. The molecule has 108 valence electrons. The molecule has 0 saturated carbocycles. The molecule has 1 aliphatic heterocycles. The van der Waals surface area contributed by atoms with Gasteiger partial charge in [-0.15, -0.1) is 0 Å². The zero-order valence-electron chi connectivity index (χ0n) is 12.3. The molecule has 5 heteroatoms. The molecule has 0 radical (unpaired) electrons. The first-order chi connectivity index (χ1) is 9.00. The Hall–Kier alpha value is -1.07. The van der Waals surface area contributed by atoms with Crippen molar-refractivity contribution < 1.29 is 4.74 Å². The number of nitrogens with zero attached hydrogens (tertiary/aromatic N) is 3. The Labute approximate surface area is 115 Å². The first-order valence-electron chi connectivity index (χ1n) is 7.08. The monoisotopic (exact) mass is 266 g/mol. The summed E-state index contributed by atoms with van der Waals surface area (Å²) in [5.74, 6) is 0.615. The van der Waals surface area contributed by atoms with Crippen LogP contribution in [-0.4, -0.2) is 47.0 Å². The number of aromatic nitrogens is 2. The van der Waals surface area contributed by atoms with Crippen LogP contribution in [0.2, 0.25) is 0 Å². The number of nitrogen functional groups attached to an aromatic ring is 1. The Morgan fingerprint density at radius 1 is 1.42 bits per heavy atom. The van der Waals surface area contributed by atoms with Crippen LogP contribution in [0.25, 0.3) is 0 Å². The molecule has 0 atom stereocenters. The van der Waals surface area contributed by atoms with Gasteiger partial charge in [-0.05, 0) is 39.2 Å². The Bertz CT molecular complexity index is 394. The van der Waals surface area contributed by atoms with Crippen LogP contribution in [0.1, 0.15) is 39.2 Å². The van der Waals surface area contributed by atoms with Crippen LogP contribution >= 0.6 is 0 Å². The summed E-state index contributed by atoms with van der Waals surface area (Å²) < 4.78 is 7.49. The van der Waals surface area contributed by atoms with Crippen molar-refractivity contribution in [2.75, 3.05) is 32.5 Å². The molecule has 19 heavy (non-hydrogen) atoms. The maximum Gasteiger partial charge on any atom is 0.145 e. The summed E-state index contributed by atoms with van der Waals surface area (Å²) >= 11 is 0. The zero-order chi connectivity index (χ0) is 13.9. The van der Waals surface area contributed by atoms with Crippen molar-refractivity contribution >= 4 is 5.82 Å². The first kappa shape index (κ1) is 14.3. The van der Waals surface area contributed by atoms with E-state index >= 15 is 0 Å². The lowest BCUT2D eigenvalue weighted by molar-refractivity contribution is 0.00493. The molecule has 0 aromatic carbocycles. The van der Waals surface area contributed by atoms with Gasteiger partial charge in [0.1, 0.15) is 5.82 Å². The lowest BCUT2D eigenvalue weighted by Crippen LogP contribution is -2.38. The van der Waals surface area contributed by atoms with E-state index in [-0.39, 0.29) is 5.60 Å². The maximum atomic E-state index is 5.67. The molecule has 1 aromatic heterocycles. The molecule has 0 unspecified atom stereocenters. The van der Waals surface area contributed by atoms with Gasteiger partial charge in [0.05, 0.1) is 11.6 Å². The summed E-state index contributed by atoms with van der Waals surface area (Å²) in [7, 11) is 1.79. The normalized spacial score (nSPS) is 18.9. The maximum absolute atomic E-state index is 5.67. The predicted octanol–water partition coefficient (Wildman–Crippen LogP) is 1.92. The number of rotatable bonds is 5.